The van der Waals surface area contributed by atoms with Crippen LogP contribution in [0.3, 0.4) is 0 Å². The lowest BCUT2D eigenvalue weighted by Gasteiger charge is -2.15. The predicted octanol–water partition coefficient (Wildman–Crippen LogP) is 3.70. The van der Waals surface area contributed by atoms with E-state index in [4.69, 9.17) is 17.3 Å². The minimum absolute atomic E-state index is 0.0111. The quantitative estimate of drug-likeness (QED) is 0.650. The molecule has 4 rings (SSSR count). The molecule has 2 unspecified atom stereocenters. The Bertz CT molecular complexity index is 1010. The number of nitrogens with zero attached hydrogens (tertiary/aromatic N) is 2. The molecule has 0 aliphatic heterocycles. The first-order chi connectivity index (χ1) is 14.7. The molecule has 0 saturated heterocycles. The van der Waals surface area contributed by atoms with Gasteiger partial charge in [-0.15, -0.1) is 0 Å². The van der Waals surface area contributed by atoms with Gasteiger partial charge in [-0.25, -0.2) is 4.39 Å². The summed E-state index contributed by atoms with van der Waals surface area (Å²) in [6, 6.07) is 4.04. The average molecular weight is 448 g/mol. The Kier molecular flexibility index (Phi) is 5.92. The van der Waals surface area contributed by atoms with Gasteiger partial charge in [-0.05, 0) is 61.6 Å². The van der Waals surface area contributed by atoms with Crippen LogP contribution in [0.1, 0.15) is 54.6 Å². The Morgan fingerprint density at radius 1 is 1.26 bits per heavy atom. The van der Waals surface area contributed by atoms with E-state index in [-0.39, 0.29) is 22.8 Å². The fourth-order valence-electron chi connectivity index (χ4n) is 5.26. The highest BCUT2D eigenvalue weighted by atomic mass is 35.5. The molecule has 2 amide bonds. The largest absolute Gasteiger partial charge is 0.383 e. The Morgan fingerprint density at radius 2 is 1.94 bits per heavy atom. The molecule has 2 fully saturated rings. The number of amides is 2. The Hall–Kier alpha value is -2.61. The zero-order valence-corrected chi connectivity index (χ0v) is 18.4. The molecule has 2 aromatic rings. The molecule has 0 radical (unpaired) electrons. The molecule has 2 saturated carbocycles. The van der Waals surface area contributed by atoms with E-state index in [1.807, 2.05) is 0 Å². The summed E-state index contributed by atoms with van der Waals surface area (Å²) in [5, 5.41) is 10.2. The van der Waals surface area contributed by atoms with E-state index < -0.39 is 5.82 Å². The lowest BCUT2D eigenvalue weighted by Crippen LogP contribution is -2.26. The number of benzene rings is 1. The zero-order chi connectivity index (χ0) is 22.3. The molecule has 9 heteroatoms. The fourth-order valence-corrected chi connectivity index (χ4v) is 5.44. The molecule has 2 aliphatic carbocycles. The normalized spacial score (nSPS) is 24.8. The van der Waals surface area contributed by atoms with Crippen molar-refractivity contribution in [2.45, 2.75) is 38.5 Å². The second-order valence-corrected chi connectivity index (χ2v) is 9.22. The van der Waals surface area contributed by atoms with Crippen molar-refractivity contribution in [3.05, 3.63) is 40.3 Å². The van der Waals surface area contributed by atoms with E-state index in [0.29, 0.717) is 34.8 Å². The molecule has 0 bridgehead atoms. The van der Waals surface area contributed by atoms with Crippen LogP contribution in [0.5, 0.6) is 0 Å². The van der Waals surface area contributed by atoms with Crippen molar-refractivity contribution in [1.82, 2.24) is 15.1 Å². The number of aryl methyl sites for hydroxylation is 1. The number of rotatable bonds is 5. The molecule has 1 aromatic heterocycles. The lowest BCUT2D eigenvalue weighted by molar-refractivity contribution is -0.119. The van der Waals surface area contributed by atoms with Crippen LogP contribution in [0, 0.1) is 23.6 Å². The number of fused-ring (bicyclic) bond motifs is 1. The first-order valence-corrected chi connectivity index (χ1v) is 10.9. The fraction of sp³-hybridized carbons (Fsp3) is 0.500. The van der Waals surface area contributed by atoms with Crippen LogP contribution in [0.25, 0.3) is 0 Å². The first-order valence-electron chi connectivity index (χ1n) is 10.6. The minimum atomic E-state index is -0.546. The van der Waals surface area contributed by atoms with E-state index in [9.17, 15) is 14.0 Å². The van der Waals surface area contributed by atoms with Crippen molar-refractivity contribution in [1.29, 1.82) is 0 Å². The van der Waals surface area contributed by atoms with Gasteiger partial charge >= 0.3 is 0 Å². The van der Waals surface area contributed by atoms with Crippen LogP contribution >= 0.6 is 11.6 Å². The van der Waals surface area contributed by atoms with Crippen LogP contribution in [0.2, 0.25) is 5.02 Å². The number of nitrogens with two attached hydrogens (primary N) is 1. The Labute approximate surface area is 185 Å². The molecule has 1 heterocycles. The molecular formula is C22H27ClFN5O2. The highest BCUT2D eigenvalue weighted by Gasteiger charge is 2.44. The topological polar surface area (TPSA) is 102 Å². The number of halogens is 2. The van der Waals surface area contributed by atoms with Crippen molar-refractivity contribution in [3.8, 4) is 0 Å². The summed E-state index contributed by atoms with van der Waals surface area (Å²) >= 11 is 5.83. The summed E-state index contributed by atoms with van der Waals surface area (Å²) in [6.07, 6.45) is 4.08. The van der Waals surface area contributed by atoms with Crippen molar-refractivity contribution in [2.75, 3.05) is 17.6 Å². The summed E-state index contributed by atoms with van der Waals surface area (Å²) in [5.41, 5.74) is 7.69. The molecule has 2 aliphatic rings. The van der Waals surface area contributed by atoms with Gasteiger partial charge in [0.25, 0.3) is 5.91 Å². The van der Waals surface area contributed by atoms with Crippen molar-refractivity contribution in [2.24, 2.45) is 24.8 Å². The van der Waals surface area contributed by atoms with E-state index in [0.717, 1.165) is 37.9 Å². The summed E-state index contributed by atoms with van der Waals surface area (Å²) < 4.78 is 15.0. The number of hydrogen-bond acceptors (Lipinski definition) is 4. The molecule has 31 heavy (non-hydrogen) atoms. The molecule has 4 N–H and O–H groups in total. The zero-order valence-electron chi connectivity index (χ0n) is 17.6. The number of carbonyl (C=O) groups excluding carboxylic acids is 2. The minimum Gasteiger partial charge on any atom is -0.383 e. The Morgan fingerprint density at radius 3 is 2.55 bits per heavy atom. The number of anilines is 2. The maximum Gasteiger partial charge on any atom is 0.261 e. The molecule has 166 valence electrons. The third kappa shape index (κ3) is 4.39. The number of nitrogens with one attached hydrogen (secondary N) is 2. The third-order valence-electron chi connectivity index (χ3n) is 6.66. The first kappa shape index (κ1) is 21.6. The van der Waals surface area contributed by atoms with Gasteiger partial charge in [0, 0.05) is 32.1 Å². The molecule has 1 aromatic carbocycles. The van der Waals surface area contributed by atoms with E-state index >= 15 is 0 Å². The van der Waals surface area contributed by atoms with Crippen molar-refractivity contribution < 1.29 is 14.0 Å². The van der Waals surface area contributed by atoms with Gasteiger partial charge in [0.1, 0.15) is 17.2 Å². The van der Waals surface area contributed by atoms with Gasteiger partial charge in [-0.1, -0.05) is 11.6 Å². The van der Waals surface area contributed by atoms with Crippen LogP contribution < -0.4 is 16.4 Å². The lowest BCUT2D eigenvalue weighted by atomic mass is 9.93. The third-order valence-corrected chi connectivity index (χ3v) is 6.95. The monoisotopic (exact) mass is 447 g/mol. The van der Waals surface area contributed by atoms with Gasteiger partial charge < -0.3 is 16.4 Å². The van der Waals surface area contributed by atoms with Gasteiger partial charge in [-0.2, -0.15) is 5.10 Å². The SMILES string of the molecule is CC(=O)NCC1CC2CC(c3nn(C)c(N)c3C(=O)Nc3ccc(F)c(Cl)c3)CC2C1. The van der Waals surface area contributed by atoms with Crippen LogP contribution in [0.4, 0.5) is 15.9 Å². The van der Waals surface area contributed by atoms with Gasteiger partial charge in [0.15, 0.2) is 0 Å². The van der Waals surface area contributed by atoms with Crippen LogP contribution in [-0.4, -0.2) is 28.1 Å². The molecule has 0 spiro atoms. The van der Waals surface area contributed by atoms with Crippen molar-refractivity contribution in [3.63, 3.8) is 0 Å². The highest BCUT2D eigenvalue weighted by molar-refractivity contribution is 6.31. The standard InChI is InChI=1S/C22H27ClFN5O2/c1-11(30)26-10-12-5-13-7-15(8-14(13)6-12)20-19(21(25)29(2)28-20)22(31)27-16-3-4-18(24)17(23)9-16/h3-4,9,12-15H,5-8,10,25H2,1-2H3,(H,26,30)(H,27,31). The number of carbonyl (C=O) groups is 2. The molecular weight excluding hydrogens is 421 g/mol. The van der Waals surface area contributed by atoms with E-state index in [2.05, 4.69) is 15.7 Å². The van der Waals surface area contributed by atoms with Gasteiger partial charge in [0.05, 0.1) is 10.7 Å². The van der Waals surface area contributed by atoms with Gasteiger partial charge in [-0.3, -0.25) is 14.3 Å². The highest BCUT2D eigenvalue weighted by Crippen LogP contribution is 2.52. The number of hydrogen-bond donors (Lipinski definition) is 3. The summed E-state index contributed by atoms with van der Waals surface area (Å²) in [7, 11) is 1.73. The molecule has 2 atom stereocenters. The summed E-state index contributed by atoms with van der Waals surface area (Å²) in [4.78, 5) is 24.2. The Balaban J connectivity index is 1.48. The molecule has 7 nitrogen and oxygen atoms in total. The number of aromatic nitrogens is 2. The van der Waals surface area contributed by atoms with E-state index in [1.165, 1.54) is 22.9 Å². The second kappa shape index (κ2) is 8.49. The van der Waals surface area contributed by atoms with Crippen molar-refractivity contribution >= 4 is 34.9 Å². The van der Waals surface area contributed by atoms with Crippen LogP contribution in [-0.2, 0) is 11.8 Å². The van der Waals surface area contributed by atoms with Gasteiger partial charge in [0.2, 0.25) is 5.91 Å². The number of nitrogen functional groups attached to an aromatic ring is 1. The maximum atomic E-state index is 13.4. The van der Waals surface area contributed by atoms with E-state index in [1.54, 1.807) is 14.0 Å². The predicted molar refractivity (Wildman–Crippen MR) is 117 cm³/mol. The average Bonchev–Trinajstić information content (AvgIpc) is 3.35. The van der Waals surface area contributed by atoms with Crippen LogP contribution in [0.15, 0.2) is 18.2 Å². The summed E-state index contributed by atoms with van der Waals surface area (Å²) in [5.74, 6) is 1.22. The summed E-state index contributed by atoms with van der Waals surface area (Å²) in [6.45, 7) is 2.28. The smallest absolute Gasteiger partial charge is 0.261 e. The maximum absolute atomic E-state index is 13.4. The second-order valence-electron chi connectivity index (χ2n) is 8.82.